The highest BCUT2D eigenvalue weighted by molar-refractivity contribution is 7.90. The lowest BCUT2D eigenvalue weighted by atomic mass is 10.2. The van der Waals surface area contributed by atoms with Crippen LogP contribution in [0.15, 0.2) is 53.4 Å². The van der Waals surface area contributed by atoms with E-state index in [2.05, 4.69) is 5.32 Å². The van der Waals surface area contributed by atoms with E-state index in [-0.39, 0.29) is 23.6 Å². The summed E-state index contributed by atoms with van der Waals surface area (Å²) in [5, 5.41) is 4.47. The second-order valence-corrected chi connectivity index (χ2v) is 8.40. The largest absolute Gasteiger partial charge is 0.486 e. The van der Waals surface area contributed by atoms with Crippen molar-refractivity contribution in [3.05, 3.63) is 54.1 Å². The molecule has 30 heavy (non-hydrogen) atoms. The number of nitrogens with zero attached hydrogens (tertiary/aromatic N) is 1. The van der Waals surface area contributed by atoms with Crippen LogP contribution in [0.1, 0.15) is 10.4 Å². The van der Waals surface area contributed by atoms with Gasteiger partial charge in [-0.2, -0.15) is 0 Å². The number of hydrogen-bond acceptors (Lipinski definition) is 7. The first kappa shape index (κ1) is 19.7. The van der Waals surface area contributed by atoms with Gasteiger partial charge in [-0.25, -0.2) is 17.5 Å². The Morgan fingerprint density at radius 1 is 1.07 bits per heavy atom. The van der Waals surface area contributed by atoms with E-state index in [4.69, 9.17) is 9.47 Å². The van der Waals surface area contributed by atoms with E-state index in [1.165, 1.54) is 24.3 Å². The number of ether oxygens (including phenoxy) is 2. The van der Waals surface area contributed by atoms with Crippen molar-refractivity contribution in [1.29, 1.82) is 0 Å². The summed E-state index contributed by atoms with van der Waals surface area (Å²) in [6, 6.07) is 11.9. The lowest BCUT2D eigenvalue weighted by Crippen LogP contribution is -2.48. The molecule has 0 bridgehead atoms. The summed E-state index contributed by atoms with van der Waals surface area (Å²) in [7, 11) is -4.13. The highest BCUT2D eigenvalue weighted by Gasteiger charge is 2.41. The standard InChI is InChI=1S/C19H17N3O7S/c23-17(10-22-18(24)13-5-1-4-8-16(13)30(22,26)27)21-19(25)20-9-12-11-28-14-6-2-3-7-15(14)29-12/h1-8,12H,9-11H2,(H2,20,21,23,25). The Kier molecular flexibility index (Phi) is 5.04. The molecule has 11 heteroatoms. The van der Waals surface area contributed by atoms with Gasteiger partial charge in [-0.3, -0.25) is 14.9 Å². The lowest BCUT2D eigenvalue weighted by molar-refractivity contribution is -0.119. The van der Waals surface area contributed by atoms with Gasteiger partial charge in [0.15, 0.2) is 17.6 Å². The minimum absolute atomic E-state index is 0.00974. The number of carbonyl (C=O) groups excluding carboxylic acids is 3. The van der Waals surface area contributed by atoms with Gasteiger partial charge in [0.1, 0.15) is 18.0 Å². The number of para-hydroxylation sites is 2. The van der Waals surface area contributed by atoms with Gasteiger partial charge in [0.25, 0.3) is 15.9 Å². The number of benzene rings is 2. The van der Waals surface area contributed by atoms with Crippen molar-refractivity contribution in [1.82, 2.24) is 14.9 Å². The van der Waals surface area contributed by atoms with E-state index in [1.807, 2.05) is 11.4 Å². The molecule has 4 amide bonds. The van der Waals surface area contributed by atoms with Crippen molar-refractivity contribution in [2.75, 3.05) is 19.7 Å². The Balaban J connectivity index is 1.30. The number of imide groups is 1. The zero-order valence-corrected chi connectivity index (χ0v) is 16.3. The van der Waals surface area contributed by atoms with Crippen LogP contribution in [0.5, 0.6) is 11.5 Å². The van der Waals surface area contributed by atoms with E-state index in [0.29, 0.717) is 15.8 Å². The molecule has 0 fully saturated rings. The van der Waals surface area contributed by atoms with Gasteiger partial charge in [-0.05, 0) is 24.3 Å². The van der Waals surface area contributed by atoms with Crippen molar-refractivity contribution in [3.8, 4) is 11.5 Å². The molecule has 156 valence electrons. The topological polar surface area (TPSA) is 131 Å². The van der Waals surface area contributed by atoms with Crippen LogP contribution < -0.4 is 20.1 Å². The number of sulfonamides is 1. The third-order valence-corrected chi connectivity index (χ3v) is 6.30. The molecular formula is C19H17N3O7S. The van der Waals surface area contributed by atoms with E-state index in [9.17, 15) is 22.8 Å². The first-order chi connectivity index (χ1) is 14.4. The smallest absolute Gasteiger partial charge is 0.321 e. The molecular weight excluding hydrogens is 414 g/mol. The van der Waals surface area contributed by atoms with Crippen LogP contribution in [0.2, 0.25) is 0 Å². The fourth-order valence-electron chi connectivity index (χ4n) is 3.10. The summed E-state index contributed by atoms with van der Waals surface area (Å²) >= 11 is 0. The maximum absolute atomic E-state index is 12.4. The monoisotopic (exact) mass is 431 g/mol. The molecule has 0 aromatic heterocycles. The quantitative estimate of drug-likeness (QED) is 0.721. The Labute approximate surface area is 171 Å². The molecule has 2 N–H and O–H groups in total. The Morgan fingerprint density at radius 3 is 2.53 bits per heavy atom. The Bertz CT molecular complexity index is 1130. The summed E-state index contributed by atoms with van der Waals surface area (Å²) in [6.45, 7) is -0.538. The fourth-order valence-corrected chi connectivity index (χ4v) is 4.62. The van der Waals surface area contributed by atoms with E-state index in [0.717, 1.165) is 0 Å². The summed E-state index contributed by atoms with van der Waals surface area (Å²) in [5.74, 6) is -0.605. The molecule has 2 aliphatic heterocycles. The Hall–Kier alpha value is -3.60. The molecule has 0 spiro atoms. The van der Waals surface area contributed by atoms with E-state index >= 15 is 0 Å². The summed E-state index contributed by atoms with van der Waals surface area (Å²) < 4.78 is 36.5. The molecule has 2 aromatic rings. The van der Waals surface area contributed by atoms with Gasteiger partial charge in [-0.1, -0.05) is 24.3 Å². The number of nitrogens with one attached hydrogen (secondary N) is 2. The van der Waals surface area contributed by atoms with Crippen LogP contribution in [0.4, 0.5) is 4.79 Å². The first-order valence-corrected chi connectivity index (χ1v) is 10.4. The number of fused-ring (bicyclic) bond motifs is 2. The average molecular weight is 431 g/mol. The first-order valence-electron chi connectivity index (χ1n) is 8.98. The molecule has 0 saturated heterocycles. The van der Waals surface area contributed by atoms with Gasteiger partial charge in [-0.15, -0.1) is 0 Å². The van der Waals surface area contributed by atoms with Crippen LogP contribution in [-0.2, 0) is 14.8 Å². The van der Waals surface area contributed by atoms with Gasteiger partial charge < -0.3 is 14.8 Å². The van der Waals surface area contributed by atoms with E-state index < -0.39 is 40.5 Å². The van der Waals surface area contributed by atoms with Crippen LogP contribution in [0.25, 0.3) is 0 Å². The van der Waals surface area contributed by atoms with Crippen molar-refractivity contribution < 1.29 is 32.3 Å². The molecule has 2 heterocycles. The highest BCUT2D eigenvalue weighted by atomic mass is 32.2. The molecule has 1 atom stereocenters. The molecule has 2 aliphatic rings. The third-order valence-electron chi connectivity index (χ3n) is 4.51. The Morgan fingerprint density at radius 2 is 1.77 bits per heavy atom. The predicted octanol–water partition coefficient (Wildman–Crippen LogP) is 0.497. The summed E-state index contributed by atoms with van der Waals surface area (Å²) in [4.78, 5) is 36.2. The molecule has 0 saturated carbocycles. The SMILES string of the molecule is O=C(CN1C(=O)c2ccccc2S1(=O)=O)NC(=O)NCC1COc2ccccc2O1. The number of carbonyl (C=O) groups is 3. The second kappa shape index (κ2) is 7.67. The highest BCUT2D eigenvalue weighted by Crippen LogP contribution is 2.31. The minimum Gasteiger partial charge on any atom is -0.486 e. The maximum Gasteiger partial charge on any atom is 0.321 e. The summed E-state index contributed by atoms with van der Waals surface area (Å²) in [5.41, 5.74) is -0.00974. The normalized spacial score (nSPS) is 18.5. The van der Waals surface area contributed by atoms with Crippen LogP contribution in [0, 0.1) is 0 Å². The van der Waals surface area contributed by atoms with Gasteiger partial charge in [0, 0.05) is 0 Å². The van der Waals surface area contributed by atoms with Crippen LogP contribution in [-0.4, -0.2) is 56.4 Å². The second-order valence-electron chi connectivity index (χ2n) is 6.57. The molecule has 2 aromatic carbocycles. The number of rotatable bonds is 4. The molecule has 0 radical (unpaired) electrons. The van der Waals surface area contributed by atoms with Crippen molar-refractivity contribution in [2.45, 2.75) is 11.0 Å². The summed E-state index contributed by atoms with van der Waals surface area (Å²) in [6.07, 6.45) is -0.462. The maximum atomic E-state index is 12.4. The van der Waals surface area contributed by atoms with Crippen molar-refractivity contribution in [2.24, 2.45) is 0 Å². The lowest BCUT2D eigenvalue weighted by Gasteiger charge is -2.26. The molecule has 0 aliphatic carbocycles. The van der Waals surface area contributed by atoms with Gasteiger partial charge in [0.05, 0.1) is 12.1 Å². The number of urea groups is 1. The zero-order chi connectivity index (χ0) is 21.3. The van der Waals surface area contributed by atoms with Crippen molar-refractivity contribution >= 4 is 27.9 Å². The number of hydrogen-bond donors (Lipinski definition) is 2. The van der Waals surface area contributed by atoms with Gasteiger partial charge >= 0.3 is 6.03 Å². The van der Waals surface area contributed by atoms with E-state index in [1.54, 1.807) is 18.2 Å². The van der Waals surface area contributed by atoms with Gasteiger partial charge in [0.2, 0.25) is 5.91 Å². The van der Waals surface area contributed by atoms with Crippen LogP contribution >= 0.6 is 0 Å². The molecule has 10 nitrogen and oxygen atoms in total. The number of amides is 4. The van der Waals surface area contributed by atoms with Crippen molar-refractivity contribution in [3.63, 3.8) is 0 Å². The minimum atomic E-state index is -4.13. The van der Waals surface area contributed by atoms with Crippen LogP contribution in [0.3, 0.4) is 0 Å². The third kappa shape index (κ3) is 3.66. The zero-order valence-electron chi connectivity index (χ0n) is 15.5. The fraction of sp³-hybridized carbons (Fsp3) is 0.211. The predicted molar refractivity (Wildman–Crippen MR) is 103 cm³/mol. The molecule has 1 unspecified atom stereocenters. The molecule has 4 rings (SSSR count). The average Bonchev–Trinajstić information content (AvgIpc) is 2.93.